The molecule has 0 aliphatic carbocycles. The number of amides is 2. The molecular formula is C15H20N2O3. The van der Waals surface area contributed by atoms with Crippen molar-refractivity contribution in [2.75, 3.05) is 13.1 Å². The third-order valence-corrected chi connectivity index (χ3v) is 2.80. The summed E-state index contributed by atoms with van der Waals surface area (Å²) in [7, 11) is 0. The number of urea groups is 1. The Morgan fingerprint density at radius 1 is 1.25 bits per heavy atom. The van der Waals surface area contributed by atoms with Gasteiger partial charge in [0.1, 0.15) is 0 Å². The summed E-state index contributed by atoms with van der Waals surface area (Å²) in [5, 5.41) is 14.5. The average molecular weight is 276 g/mol. The molecule has 0 heterocycles. The van der Waals surface area contributed by atoms with Crippen LogP contribution in [0.3, 0.4) is 0 Å². The summed E-state index contributed by atoms with van der Waals surface area (Å²) >= 11 is 0. The number of carboxylic acid groups (broad SMARTS) is 1. The van der Waals surface area contributed by atoms with E-state index in [2.05, 4.69) is 10.6 Å². The van der Waals surface area contributed by atoms with Crippen LogP contribution in [0.25, 0.3) is 0 Å². The van der Waals surface area contributed by atoms with Crippen molar-refractivity contribution in [3.05, 3.63) is 48.0 Å². The third kappa shape index (κ3) is 5.56. The predicted molar refractivity (Wildman–Crippen MR) is 77.7 cm³/mol. The average Bonchev–Trinajstić information content (AvgIpc) is 2.44. The molecule has 1 rings (SSSR count). The number of nitrogens with one attached hydrogen (secondary N) is 2. The van der Waals surface area contributed by atoms with E-state index >= 15 is 0 Å². The Kier molecular flexibility index (Phi) is 6.89. The molecule has 1 aromatic rings. The van der Waals surface area contributed by atoms with Gasteiger partial charge in [-0.05, 0) is 18.9 Å². The number of allylic oxidation sites excluding steroid dienone is 1. The molecule has 0 bridgehead atoms. The van der Waals surface area contributed by atoms with E-state index in [9.17, 15) is 14.7 Å². The molecule has 0 fully saturated rings. The smallest absolute Gasteiger partial charge is 0.314 e. The van der Waals surface area contributed by atoms with Crippen molar-refractivity contribution in [2.24, 2.45) is 0 Å². The van der Waals surface area contributed by atoms with Crippen molar-refractivity contribution in [3.63, 3.8) is 0 Å². The lowest BCUT2D eigenvalue weighted by molar-refractivity contribution is -0.138. The molecule has 20 heavy (non-hydrogen) atoms. The summed E-state index contributed by atoms with van der Waals surface area (Å²) in [5.41, 5.74) is 0.675. The van der Waals surface area contributed by atoms with Gasteiger partial charge < -0.3 is 15.7 Å². The normalized spacial score (nSPS) is 12.1. The molecule has 5 heteroatoms. The highest BCUT2D eigenvalue weighted by molar-refractivity contribution is 5.79. The molecular weight excluding hydrogens is 256 g/mol. The topological polar surface area (TPSA) is 78.4 Å². The number of carboxylic acids is 1. The third-order valence-electron chi connectivity index (χ3n) is 2.80. The molecule has 5 nitrogen and oxygen atoms in total. The van der Waals surface area contributed by atoms with Gasteiger partial charge in [-0.3, -0.25) is 4.79 Å². The quantitative estimate of drug-likeness (QED) is 0.527. The monoisotopic (exact) mass is 276 g/mol. The summed E-state index contributed by atoms with van der Waals surface area (Å²) in [6.07, 6.45) is 4.62. The zero-order chi connectivity index (χ0) is 14.8. The maximum atomic E-state index is 11.5. The predicted octanol–water partition coefficient (Wildman–Crippen LogP) is 2.12. The highest BCUT2D eigenvalue weighted by atomic mass is 16.4. The van der Waals surface area contributed by atoms with Crippen LogP contribution in [0, 0.1) is 0 Å². The zero-order valence-electron chi connectivity index (χ0n) is 11.5. The summed E-state index contributed by atoms with van der Waals surface area (Å²) < 4.78 is 0. The minimum absolute atomic E-state index is 0.0643. The number of carbonyl (C=O) groups excluding carboxylic acids is 1. The van der Waals surface area contributed by atoms with Gasteiger partial charge in [-0.25, -0.2) is 4.79 Å². The minimum atomic E-state index is -0.953. The molecule has 0 aliphatic heterocycles. The van der Waals surface area contributed by atoms with Gasteiger partial charge in [-0.2, -0.15) is 0 Å². The largest absolute Gasteiger partial charge is 0.481 e. The van der Waals surface area contributed by atoms with Gasteiger partial charge in [0.05, 0.1) is 5.92 Å². The zero-order valence-corrected chi connectivity index (χ0v) is 11.5. The van der Waals surface area contributed by atoms with Crippen LogP contribution in [0.5, 0.6) is 0 Å². The van der Waals surface area contributed by atoms with E-state index in [0.29, 0.717) is 12.1 Å². The fourth-order valence-electron chi connectivity index (χ4n) is 1.73. The van der Waals surface area contributed by atoms with Crippen molar-refractivity contribution >= 4 is 12.0 Å². The van der Waals surface area contributed by atoms with Gasteiger partial charge in [-0.1, -0.05) is 42.5 Å². The molecule has 3 N–H and O–H groups in total. The van der Waals surface area contributed by atoms with E-state index in [1.54, 1.807) is 24.3 Å². The first-order valence-corrected chi connectivity index (χ1v) is 6.55. The summed E-state index contributed by atoms with van der Waals surface area (Å²) in [4.78, 5) is 22.8. The van der Waals surface area contributed by atoms with Gasteiger partial charge in [0.2, 0.25) is 0 Å². The number of aliphatic carboxylic acids is 1. The second kappa shape index (κ2) is 8.74. The molecule has 0 spiro atoms. The number of carbonyl (C=O) groups is 2. The van der Waals surface area contributed by atoms with E-state index in [1.165, 1.54) is 0 Å². The van der Waals surface area contributed by atoms with Gasteiger partial charge in [-0.15, -0.1) is 0 Å². The van der Waals surface area contributed by atoms with Crippen LogP contribution in [-0.2, 0) is 4.79 Å². The van der Waals surface area contributed by atoms with Crippen molar-refractivity contribution in [1.29, 1.82) is 0 Å². The Hall–Kier alpha value is -2.30. The van der Waals surface area contributed by atoms with Crippen molar-refractivity contribution in [3.8, 4) is 0 Å². The van der Waals surface area contributed by atoms with Gasteiger partial charge in [0, 0.05) is 13.1 Å². The standard InChI is InChI=1S/C15H20N2O3/c1-2-3-7-10-16-15(20)17-11-13(14(18)19)12-8-5-4-6-9-12/h2-6,8-9,13H,7,10-11H2,1H3,(H,18,19)(H2,16,17,20)/b3-2+. The Balaban J connectivity index is 2.44. The first-order valence-electron chi connectivity index (χ1n) is 6.55. The molecule has 1 aromatic carbocycles. The first-order chi connectivity index (χ1) is 9.65. The first kappa shape index (κ1) is 15.8. The van der Waals surface area contributed by atoms with Crippen LogP contribution in [0.1, 0.15) is 24.8 Å². The van der Waals surface area contributed by atoms with E-state index in [1.807, 2.05) is 25.1 Å². The van der Waals surface area contributed by atoms with Crippen molar-refractivity contribution in [1.82, 2.24) is 10.6 Å². The van der Waals surface area contributed by atoms with Crippen molar-refractivity contribution < 1.29 is 14.7 Å². The van der Waals surface area contributed by atoms with Crippen LogP contribution in [0.2, 0.25) is 0 Å². The summed E-state index contributed by atoms with van der Waals surface area (Å²) in [6.45, 7) is 2.51. The number of hydrogen-bond donors (Lipinski definition) is 3. The lowest BCUT2D eigenvalue weighted by atomic mass is 9.99. The van der Waals surface area contributed by atoms with Crippen LogP contribution < -0.4 is 10.6 Å². The molecule has 0 saturated carbocycles. The molecule has 108 valence electrons. The van der Waals surface area contributed by atoms with Crippen LogP contribution in [-0.4, -0.2) is 30.2 Å². The van der Waals surface area contributed by atoms with Gasteiger partial charge in [0.25, 0.3) is 0 Å². The molecule has 0 radical (unpaired) electrons. The lowest BCUT2D eigenvalue weighted by Gasteiger charge is -2.14. The molecule has 1 atom stereocenters. The lowest BCUT2D eigenvalue weighted by Crippen LogP contribution is -2.39. The highest BCUT2D eigenvalue weighted by Crippen LogP contribution is 2.14. The minimum Gasteiger partial charge on any atom is -0.481 e. The second-order valence-corrected chi connectivity index (χ2v) is 4.30. The van der Waals surface area contributed by atoms with Gasteiger partial charge >= 0.3 is 12.0 Å². The highest BCUT2D eigenvalue weighted by Gasteiger charge is 2.20. The molecule has 1 unspecified atom stereocenters. The second-order valence-electron chi connectivity index (χ2n) is 4.30. The van der Waals surface area contributed by atoms with E-state index < -0.39 is 11.9 Å². The number of benzene rings is 1. The molecule has 0 saturated heterocycles. The van der Waals surface area contributed by atoms with E-state index in [-0.39, 0.29) is 12.6 Å². The van der Waals surface area contributed by atoms with E-state index in [4.69, 9.17) is 0 Å². The van der Waals surface area contributed by atoms with Crippen molar-refractivity contribution in [2.45, 2.75) is 19.3 Å². The number of hydrogen-bond acceptors (Lipinski definition) is 2. The van der Waals surface area contributed by atoms with Crippen LogP contribution in [0.4, 0.5) is 4.79 Å². The Bertz CT molecular complexity index is 457. The fourth-order valence-corrected chi connectivity index (χ4v) is 1.73. The summed E-state index contributed by atoms with van der Waals surface area (Å²) in [6, 6.07) is 8.51. The SMILES string of the molecule is C/C=C/CCNC(=O)NCC(C(=O)O)c1ccccc1. The maximum Gasteiger partial charge on any atom is 0.314 e. The van der Waals surface area contributed by atoms with Crippen LogP contribution in [0.15, 0.2) is 42.5 Å². The van der Waals surface area contributed by atoms with E-state index in [0.717, 1.165) is 6.42 Å². The van der Waals surface area contributed by atoms with Crippen LogP contribution >= 0.6 is 0 Å². The Morgan fingerprint density at radius 3 is 2.55 bits per heavy atom. The Labute approximate surface area is 118 Å². The number of rotatable bonds is 7. The maximum absolute atomic E-state index is 11.5. The molecule has 0 aromatic heterocycles. The fraction of sp³-hybridized carbons (Fsp3) is 0.333. The molecule has 2 amide bonds. The Morgan fingerprint density at radius 2 is 1.95 bits per heavy atom. The molecule has 0 aliphatic rings. The summed E-state index contributed by atoms with van der Waals surface area (Å²) in [5.74, 6) is -1.69. The van der Waals surface area contributed by atoms with Gasteiger partial charge in [0.15, 0.2) is 0 Å².